The molecule has 38 heavy (non-hydrogen) atoms. The van der Waals surface area contributed by atoms with Crippen LogP contribution < -0.4 is 0 Å². The number of benzene rings is 1. The first-order valence-corrected chi connectivity index (χ1v) is 11.9. The Morgan fingerprint density at radius 1 is 1.13 bits per heavy atom. The summed E-state index contributed by atoms with van der Waals surface area (Å²) in [7, 11) is 1.54. The topological polar surface area (TPSA) is 55.4 Å². The van der Waals surface area contributed by atoms with Crippen LogP contribution in [0.1, 0.15) is 59.4 Å². The van der Waals surface area contributed by atoms with Crippen LogP contribution in [0.15, 0.2) is 30.3 Å². The van der Waals surface area contributed by atoms with Crippen LogP contribution in [0.3, 0.4) is 0 Å². The molecule has 1 aliphatic heterocycles. The van der Waals surface area contributed by atoms with E-state index in [-0.39, 0.29) is 17.6 Å². The Bertz CT molecular complexity index is 1560. The highest BCUT2D eigenvalue weighted by Crippen LogP contribution is 2.41. The van der Waals surface area contributed by atoms with Crippen LogP contribution >= 0.6 is 0 Å². The van der Waals surface area contributed by atoms with Crippen LogP contribution in [-0.2, 0) is 19.6 Å². The molecule has 3 aromatic heterocycles. The standard InChI is InChI=1S/C26H23F6N5O/c1-5-15-11-16-21(34-35(4)22(16)14-9-17(27)20(29)18(28)10-14)13(3)37(15)25(38)23-24(26(30,31)32)33-19-8-6-7-12(2)36(19)23/h6-10,13,15H,5,11H2,1-4H3. The van der Waals surface area contributed by atoms with Gasteiger partial charge >= 0.3 is 6.18 Å². The fourth-order valence-electron chi connectivity index (χ4n) is 5.42. The Morgan fingerprint density at radius 3 is 2.39 bits per heavy atom. The number of amides is 1. The van der Waals surface area contributed by atoms with Gasteiger partial charge in [-0.1, -0.05) is 13.0 Å². The summed E-state index contributed by atoms with van der Waals surface area (Å²) in [6, 6.07) is 4.96. The zero-order chi connectivity index (χ0) is 27.7. The largest absolute Gasteiger partial charge is 0.435 e. The summed E-state index contributed by atoms with van der Waals surface area (Å²) in [6.45, 7) is 5.03. The molecule has 200 valence electrons. The SMILES string of the molecule is CCC1Cc2c(nn(C)c2-c2cc(F)c(F)c(F)c2)C(C)N1C(=O)c1c(C(F)(F)F)nc2cccc(C)n12. The molecular formula is C26H23F6N5O. The number of rotatable bonds is 3. The monoisotopic (exact) mass is 535 g/mol. The van der Waals surface area contributed by atoms with E-state index in [1.54, 1.807) is 40.0 Å². The zero-order valence-electron chi connectivity index (χ0n) is 20.9. The molecule has 0 radical (unpaired) electrons. The first-order chi connectivity index (χ1) is 17.8. The summed E-state index contributed by atoms with van der Waals surface area (Å²) in [5.74, 6) is -5.16. The van der Waals surface area contributed by atoms with Gasteiger partial charge < -0.3 is 4.90 Å². The second-order valence-corrected chi connectivity index (χ2v) is 9.41. The number of halogens is 6. The second-order valence-electron chi connectivity index (χ2n) is 9.41. The minimum atomic E-state index is -4.87. The molecule has 0 aliphatic carbocycles. The van der Waals surface area contributed by atoms with Crippen molar-refractivity contribution in [2.75, 3.05) is 0 Å². The summed E-state index contributed by atoms with van der Waals surface area (Å²) < 4.78 is 86.4. The molecule has 0 bridgehead atoms. The van der Waals surface area contributed by atoms with Crippen LogP contribution in [0.2, 0.25) is 0 Å². The number of hydrogen-bond acceptors (Lipinski definition) is 3. The Hall–Kier alpha value is -3.83. The molecule has 0 N–H and O–H groups in total. The molecule has 1 aromatic carbocycles. The minimum absolute atomic E-state index is 0.000407. The van der Waals surface area contributed by atoms with Gasteiger partial charge in [0.25, 0.3) is 5.91 Å². The van der Waals surface area contributed by atoms with E-state index in [1.807, 2.05) is 0 Å². The van der Waals surface area contributed by atoms with Gasteiger partial charge in [-0.15, -0.1) is 0 Å². The maximum absolute atomic E-state index is 14.0. The lowest BCUT2D eigenvalue weighted by Gasteiger charge is -2.40. The van der Waals surface area contributed by atoms with Crippen molar-refractivity contribution in [1.82, 2.24) is 24.1 Å². The number of pyridine rings is 1. The molecule has 0 saturated carbocycles. The molecule has 4 heterocycles. The van der Waals surface area contributed by atoms with E-state index >= 15 is 0 Å². The molecule has 1 aliphatic rings. The fourth-order valence-corrected chi connectivity index (χ4v) is 5.42. The molecule has 0 fully saturated rings. The molecule has 2 unspecified atom stereocenters. The van der Waals surface area contributed by atoms with Crippen molar-refractivity contribution in [2.45, 2.75) is 51.9 Å². The molecule has 2 atom stereocenters. The van der Waals surface area contributed by atoms with Gasteiger partial charge in [0.2, 0.25) is 0 Å². The summed E-state index contributed by atoms with van der Waals surface area (Å²) in [5, 5.41) is 4.46. The van der Waals surface area contributed by atoms with Crippen molar-refractivity contribution in [3.8, 4) is 11.3 Å². The second kappa shape index (κ2) is 8.88. The number of fused-ring (bicyclic) bond motifs is 2. The maximum atomic E-state index is 14.0. The summed E-state index contributed by atoms with van der Waals surface area (Å²) in [5.41, 5.74) is -0.0707. The first-order valence-electron chi connectivity index (χ1n) is 11.9. The van der Waals surface area contributed by atoms with E-state index in [2.05, 4.69) is 10.1 Å². The van der Waals surface area contributed by atoms with Crippen LogP contribution in [0.5, 0.6) is 0 Å². The van der Waals surface area contributed by atoms with Crippen molar-refractivity contribution in [3.05, 3.63) is 76.1 Å². The summed E-state index contributed by atoms with van der Waals surface area (Å²) >= 11 is 0. The van der Waals surface area contributed by atoms with E-state index in [1.165, 1.54) is 20.0 Å². The first kappa shape index (κ1) is 25.8. The summed E-state index contributed by atoms with van der Waals surface area (Å²) in [4.78, 5) is 19.1. The normalized spacial score (nSPS) is 17.8. The number of carbonyl (C=O) groups is 1. The van der Waals surface area contributed by atoms with Crippen molar-refractivity contribution >= 4 is 11.6 Å². The van der Waals surface area contributed by atoms with Gasteiger partial charge in [-0.25, -0.2) is 18.2 Å². The van der Waals surface area contributed by atoms with Crippen molar-refractivity contribution in [2.24, 2.45) is 7.05 Å². The summed E-state index contributed by atoms with van der Waals surface area (Å²) in [6.07, 6.45) is -4.32. The van der Waals surface area contributed by atoms with Crippen LogP contribution in [-0.4, -0.2) is 36.0 Å². The third kappa shape index (κ3) is 3.84. The number of aromatic nitrogens is 4. The van der Waals surface area contributed by atoms with E-state index in [0.717, 1.165) is 12.1 Å². The van der Waals surface area contributed by atoms with Crippen LogP contribution in [0, 0.1) is 24.4 Å². The highest BCUT2D eigenvalue weighted by atomic mass is 19.4. The molecule has 5 rings (SSSR count). The molecule has 0 spiro atoms. The zero-order valence-corrected chi connectivity index (χ0v) is 20.9. The van der Waals surface area contributed by atoms with E-state index in [0.29, 0.717) is 29.1 Å². The van der Waals surface area contributed by atoms with Gasteiger partial charge in [-0.05, 0) is 51.0 Å². The quantitative estimate of drug-likeness (QED) is 0.238. The molecule has 0 saturated heterocycles. The van der Waals surface area contributed by atoms with E-state index in [4.69, 9.17) is 0 Å². The number of nitrogens with zero attached hydrogens (tertiary/aromatic N) is 5. The molecule has 12 heteroatoms. The predicted molar refractivity (Wildman–Crippen MR) is 126 cm³/mol. The number of imidazole rings is 1. The average Bonchev–Trinajstić information content (AvgIpc) is 3.40. The highest BCUT2D eigenvalue weighted by Gasteiger charge is 2.45. The lowest BCUT2D eigenvalue weighted by Crippen LogP contribution is -2.47. The predicted octanol–water partition coefficient (Wildman–Crippen LogP) is 6.02. The van der Waals surface area contributed by atoms with Gasteiger partial charge in [0, 0.05) is 29.9 Å². The number of hydrogen-bond donors (Lipinski definition) is 0. The molecule has 6 nitrogen and oxygen atoms in total. The maximum Gasteiger partial charge on any atom is 0.435 e. The van der Waals surface area contributed by atoms with Gasteiger partial charge in [0.15, 0.2) is 23.1 Å². The van der Waals surface area contributed by atoms with E-state index in [9.17, 15) is 31.1 Å². The Kier molecular flexibility index (Phi) is 6.03. The van der Waals surface area contributed by atoms with Crippen molar-refractivity contribution < 1.29 is 31.1 Å². The molecule has 4 aromatic rings. The number of alkyl halides is 3. The van der Waals surface area contributed by atoms with Gasteiger partial charge in [0.1, 0.15) is 11.3 Å². The third-order valence-corrected chi connectivity index (χ3v) is 7.10. The minimum Gasteiger partial charge on any atom is -0.326 e. The van der Waals surface area contributed by atoms with Crippen LogP contribution in [0.25, 0.3) is 16.9 Å². The smallest absolute Gasteiger partial charge is 0.326 e. The van der Waals surface area contributed by atoms with Gasteiger partial charge in [0.05, 0.1) is 17.4 Å². The third-order valence-electron chi connectivity index (χ3n) is 7.10. The highest BCUT2D eigenvalue weighted by molar-refractivity contribution is 5.96. The van der Waals surface area contributed by atoms with Gasteiger partial charge in [-0.2, -0.15) is 18.3 Å². The lowest BCUT2D eigenvalue weighted by atomic mass is 9.89. The molecule has 1 amide bonds. The Morgan fingerprint density at radius 2 is 1.79 bits per heavy atom. The Labute approximate surface area is 213 Å². The van der Waals surface area contributed by atoms with Gasteiger partial charge in [-0.3, -0.25) is 13.9 Å². The Balaban J connectivity index is 1.66. The average molecular weight is 535 g/mol. The number of aryl methyl sites for hydroxylation is 2. The molecular weight excluding hydrogens is 512 g/mol. The van der Waals surface area contributed by atoms with Crippen molar-refractivity contribution in [3.63, 3.8) is 0 Å². The lowest BCUT2D eigenvalue weighted by molar-refractivity contribution is -0.141. The van der Waals surface area contributed by atoms with Crippen molar-refractivity contribution in [1.29, 1.82) is 0 Å². The fraction of sp³-hybridized carbons (Fsp3) is 0.346. The van der Waals surface area contributed by atoms with E-state index < -0.39 is 53.0 Å². The number of carbonyl (C=O) groups excluding carboxylic acids is 1. The van der Waals surface area contributed by atoms with Crippen LogP contribution in [0.4, 0.5) is 26.3 Å².